The van der Waals surface area contributed by atoms with Crippen molar-refractivity contribution < 1.29 is 4.79 Å². The van der Waals surface area contributed by atoms with Gasteiger partial charge in [0.15, 0.2) is 0 Å². The molecule has 1 aromatic carbocycles. The summed E-state index contributed by atoms with van der Waals surface area (Å²) >= 11 is 7.18. The van der Waals surface area contributed by atoms with Crippen molar-refractivity contribution in [2.75, 3.05) is 5.32 Å². The smallest absolute Gasteiger partial charge is 0.267 e. The van der Waals surface area contributed by atoms with Crippen molar-refractivity contribution in [1.29, 1.82) is 0 Å². The molecule has 3 nitrogen and oxygen atoms in total. The lowest BCUT2D eigenvalue weighted by atomic mass is 10.3. The summed E-state index contributed by atoms with van der Waals surface area (Å²) in [5, 5.41) is 4.23. The van der Waals surface area contributed by atoms with Gasteiger partial charge in [-0.05, 0) is 25.1 Å². The summed E-state index contributed by atoms with van der Waals surface area (Å²) in [7, 11) is 0. The molecule has 82 valence electrons. The molecule has 1 aromatic heterocycles. The van der Waals surface area contributed by atoms with E-state index < -0.39 is 0 Å². The molecule has 0 unspecified atom stereocenters. The highest BCUT2D eigenvalue weighted by molar-refractivity contribution is 7.13. The first kappa shape index (κ1) is 11.1. The number of nitrogens with zero attached hydrogens (tertiary/aromatic N) is 1. The van der Waals surface area contributed by atoms with Crippen LogP contribution in [0, 0.1) is 6.92 Å². The van der Waals surface area contributed by atoms with Gasteiger partial charge in [-0.25, -0.2) is 4.98 Å². The van der Waals surface area contributed by atoms with Crippen molar-refractivity contribution in [3.8, 4) is 0 Å². The highest BCUT2D eigenvalue weighted by atomic mass is 35.5. The molecular weight excluding hydrogens is 244 g/mol. The van der Waals surface area contributed by atoms with Gasteiger partial charge in [0.1, 0.15) is 4.88 Å². The first-order valence-corrected chi connectivity index (χ1v) is 5.84. The predicted octanol–water partition coefficient (Wildman–Crippen LogP) is 3.36. The Morgan fingerprint density at radius 3 is 2.94 bits per heavy atom. The second-order valence-electron chi connectivity index (χ2n) is 3.21. The maximum Gasteiger partial charge on any atom is 0.267 e. The van der Waals surface area contributed by atoms with Gasteiger partial charge in [-0.3, -0.25) is 4.79 Å². The molecule has 0 atom stereocenters. The number of amides is 1. The quantitative estimate of drug-likeness (QED) is 0.891. The van der Waals surface area contributed by atoms with E-state index in [-0.39, 0.29) is 5.91 Å². The molecule has 0 radical (unpaired) electrons. The molecule has 0 fully saturated rings. The van der Waals surface area contributed by atoms with Gasteiger partial charge in [0.25, 0.3) is 5.91 Å². The average Bonchev–Trinajstić information content (AvgIpc) is 2.65. The summed E-state index contributed by atoms with van der Waals surface area (Å²) in [5.41, 5.74) is 0.684. The first-order valence-electron chi connectivity index (χ1n) is 4.64. The Bertz CT molecular complexity index is 524. The summed E-state index contributed by atoms with van der Waals surface area (Å²) in [6.07, 6.45) is 1.57. The second-order valence-corrected chi connectivity index (χ2v) is 4.88. The number of hydrogen-bond acceptors (Lipinski definition) is 3. The Morgan fingerprint density at radius 2 is 2.31 bits per heavy atom. The second kappa shape index (κ2) is 4.63. The number of aromatic nitrogens is 1. The van der Waals surface area contributed by atoms with Gasteiger partial charge >= 0.3 is 0 Å². The SMILES string of the molecule is Cc1ncc(C(=O)Nc2cccc(Cl)c2)s1. The van der Waals surface area contributed by atoms with Gasteiger partial charge in [0.05, 0.1) is 11.2 Å². The number of rotatable bonds is 2. The number of anilines is 1. The molecule has 1 heterocycles. The van der Waals surface area contributed by atoms with Crippen molar-refractivity contribution in [2.24, 2.45) is 0 Å². The summed E-state index contributed by atoms with van der Waals surface area (Å²) < 4.78 is 0. The summed E-state index contributed by atoms with van der Waals surface area (Å²) in [6.45, 7) is 1.86. The number of halogens is 1. The zero-order valence-electron chi connectivity index (χ0n) is 8.53. The average molecular weight is 253 g/mol. The maximum atomic E-state index is 11.8. The zero-order valence-corrected chi connectivity index (χ0v) is 10.1. The van der Waals surface area contributed by atoms with E-state index in [2.05, 4.69) is 10.3 Å². The number of carbonyl (C=O) groups excluding carboxylic acids is 1. The van der Waals surface area contributed by atoms with E-state index in [1.807, 2.05) is 6.92 Å². The third-order valence-corrected chi connectivity index (χ3v) is 3.07. The summed E-state index contributed by atoms with van der Waals surface area (Å²) in [6, 6.07) is 7.04. The Labute approximate surface area is 102 Å². The third kappa shape index (κ3) is 2.59. The Kier molecular flexibility index (Phi) is 3.22. The summed E-state index contributed by atoms with van der Waals surface area (Å²) in [4.78, 5) is 16.4. The van der Waals surface area contributed by atoms with Crippen molar-refractivity contribution in [3.63, 3.8) is 0 Å². The molecule has 0 bridgehead atoms. The van der Waals surface area contributed by atoms with Crippen LogP contribution in [0.5, 0.6) is 0 Å². The standard InChI is InChI=1S/C11H9ClN2OS/c1-7-13-6-10(16-7)11(15)14-9-4-2-3-8(12)5-9/h2-6H,1H3,(H,14,15). The topological polar surface area (TPSA) is 42.0 Å². The molecule has 0 saturated heterocycles. The lowest BCUT2D eigenvalue weighted by molar-refractivity contribution is 0.103. The normalized spacial score (nSPS) is 10.1. The van der Waals surface area contributed by atoms with E-state index in [0.29, 0.717) is 15.6 Å². The molecule has 0 aliphatic carbocycles. The predicted molar refractivity (Wildman–Crippen MR) is 66.3 cm³/mol. The van der Waals surface area contributed by atoms with Crippen molar-refractivity contribution >= 4 is 34.5 Å². The minimum atomic E-state index is -0.159. The van der Waals surface area contributed by atoms with Gasteiger partial charge < -0.3 is 5.32 Å². The monoisotopic (exact) mass is 252 g/mol. The molecule has 16 heavy (non-hydrogen) atoms. The Hall–Kier alpha value is -1.39. The van der Waals surface area contributed by atoms with E-state index in [0.717, 1.165) is 5.01 Å². The van der Waals surface area contributed by atoms with Crippen LogP contribution < -0.4 is 5.32 Å². The summed E-state index contributed by atoms with van der Waals surface area (Å²) in [5.74, 6) is -0.159. The highest BCUT2D eigenvalue weighted by Gasteiger charge is 2.09. The fraction of sp³-hybridized carbons (Fsp3) is 0.0909. The molecule has 2 rings (SSSR count). The number of hydrogen-bond donors (Lipinski definition) is 1. The third-order valence-electron chi connectivity index (χ3n) is 1.93. The van der Waals surface area contributed by atoms with E-state index in [1.54, 1.807) is 30.5 Å². The van der Waals surface area contributed by atoms with Crippen molar-refractivity contribution in [3.05, 3.63) is 45.4 Å². The lowest BCUT2D eigenvalue weighted by Gasteiger charge is -2.02. The molecule has 0 saturated carbocycles. The van der Waals surface area contributed by atoms with Crippen LogP contribution in [-0.4, -0.2) is 10.9 Å². The van der Waals surface area contributed by atoms with Crippen molar-refractivity contribution in [2.45, 2.75) is 6.92 Å². The molecule has 1 amide bonds. The molecule has 0 spiro atoms. The molecule has 0 aliphatic heterocycles. The van der Waals surface area contributed by atoms with Crippen LogP contribution in [-0.2, 0) is 0 Å². The minimum absolute atomic E-state index is 0.159. The first-order chi connectivity index (χ1) is 7.65. The number of nitrogens with one attached hydrogen (secondary N) is 1. The van der Waals surface area contributed by atoms with E-state index in [9.17, 15) is 4.79 Å². The Balaban J connectivity index is 2.13. The fourth-order valence-electron chi connectivity index (χ4n) is 1.23. The van der Waals surface area contributed by atoms with Crippen LogP contribution in [0.25, 0.3) is 0 Å². The Morgan fingerprint density at radius 1 is 1.50 bits per heavy atom. The van der Waals surface area contributed by atoms with Crippen LogP contribution in [0.4, 0.5) is 5.69 Å². The number of aryl methyl sites for hydroxylation is 1. The minimum Gasteiger partial charge on any atom is -0.321 e. The van der Waals surface area contributed by atoms with Crippen LogP contribution in [0.15, 0.2) is 30.5 Å². The van der Waals surface area contributed by atoms with Gasteiger partial charge in [0.2, 0.25) is 0 Å². The van der Waals surface area contributed by atoms with Gasteiger partial charge in [-0.2, -0.15) is 0 Å². The van der Waals surface area contributed by atoms with Crippen LogP contribution >= 0.6 is 22.9 Å². The molecule has 2 aromatic rings. The molecule has 5 heteroatoms. The van der Waals surface area contributed by atoms with Gasteiger partial charge in [-0.1, -0.05) is 17.7 Å². The molecule has 0 aliphatic rings. The van der Waals surface area contributed by atoms with Crippen LogP contribution in [0.1, 0.15) is 14.7 Å². The molecule has 1 N–H and O–H groups in total. The van der Waals surface area contributed by atoms with Gasteiger partial charge in [-0.15, -0.1) is 11.3 Å². The number of benzene rings is 1. The van der Waals surface area contributed by atoms with E-state index in [1.165, 1.54) is 11.3 Å². The molecular formula is C11H9ClN2OS. The van der Waals surface area contributed by atoms with E-state index in [4.69, 9.17) is 11.6 Å². The van der Waals surface area contributed by atoms with Crippen LogP contribution in [0.3, 0.4) is 0 Å². The maximum absolute atomic E-state index is 11.8. The van der Waals surface area contributed by atoms with Gasteiger partial charge in [0, 0.05) is 10.7 Å². The fourth-order valence-corrected chi connectivity index (χ4v) is 2.09. The van der Waals surface area contributed by atoms with Crippen molar-refractivity contribution in [1.82, 2.24) is 4.98 Å². The highest BCUT2D eigenvalue weighted by Crippen LogP contribution is 2.17. The zero-order chi connectivity index (χ0) is 11.5. The van der Waals surface area contributed by atoms with E-state index >= 15 is 0 Å². The number of carbonyl (C=O) groups is 1. The van der Waals surface area contributed by atoms with Crippen LogP contribution in [0.2, 0.25) is 5.02 Å². The lowest BCUT2D eigenvalue weighted by Crippen LogP contribution is -2.09. The number of thiazole rings is 1. The largest absolute Gasteiger partial charge is 0.321 e.